The summed E-state index contributed by atoms with van der Waals surface area (Å²) < 4.78 is 21.9. The number of ether oxygens (including phenoxy) is 4. The van der Waals surface area contributed by atoms with E-state index in [0.29, 0.717) is 17.2 Å². The molecule has 27 heavy (non-hydrogen) atoms. The number of hydrogen-bond donors (Lipinski definition) is 0. The van der Waals surface area contributed by atoms with Gasteiger partial charge in [-0.25, -0.2) is 0 Å². The van der Waals surface area contributed by atoms with E-state index in [1.54, 1.807) is 33.6 Å². The molecule has 0 N–H and O–H groups in total. The summed E-state index contributed by atoms with van der Waals surface area (Å²) in [6.45, 7) is 0. The second kappa shape index (κ2) is 8.76. The van der Waals surface area contributed by atoms with E-state index < -0.39 is 0 Å². The van der Waals surface area contributed by atoms with Crippen LogP contribution in [0.5, 0.6) is 28.7 Å². The van der Waals surface area contributed by atoms with E-state index in [9.17, 15) is 0 Å². The molecule has 5 heteroatoms. The van der Waals surface area contributed by atoms with Crippen molar-refractivity contribution in [1.29, 1.82) is 0 Å². The fourth-order valence-corrected chi connectivity index (χ4v) is 2.55. The zero-order valence-corrected chi connectivity index (χ0v) is 15.5. The number of aliphatic imine (C=N–C) groups is 1. The average Bonchev–Trinajstić information content (AvgIpc) is 2.72. The summed E-state index contributed by atoms with van der Waals surface area (Å²) in [5, 5.41) is 0. The van der Waals surface area contributed by atoms with Gasteiger partial charge in [-0.15, -0.1) is 0 Å². The van der Waals surface area contributed by atoms with Crippen molar-refractivity contribution in [1.82, 2.24) is 0 Å². The lowest BCUT2D eigenvalue weighted by molar-refractivity contribution is 0.349. The fourth-order valence-electron chi connectivity index (χ4n) is 2.55. The quantitative estimate of drug-likeness (QED) is 0.538. The van der Waals surface area contributed by atoms with Gasteiger partial charge in [-0.3, -0.25) is 4.99 Å². The van der Waals surface area contributed by atoms with Crippen LogP contribution < -0.4 is 18.9 Å². The molecule has 0 amide bonds. The van der Waals surface area contributed by atoms with Gasteiger partial charge < -0.3 is 18.9 Å². The van der Waals surface area contributed by atoms with Gasteiger partial charge in [0.2, 0.25) is 0 Å². The normalized spacial score (nSPS) is 10.6. The van der Waals surface area contributed by atoms with Crippen molar-refractivity contribution in [2.45, 2.75) is 0 Å². The topological polar surface area (TPSA) is 49.3 Å². The monoisotopic (exact) mass is 363 g/mol. The minimum Gasteiger partial charge on any atom is -0.496 e. The Bertz CT molecular complexity index is 923. The van der Waals surface area contributed by atoms with Crippen LogP contribution in [0.3, 0.4) is 0 Å². The average molecular weight is 363 g/mol. The standard InChI is InChI=1S/C22H21NO4/c1-24-20-14-22(26-3)21(25-2)12-16(20)15-23-17-8-7-11-19(13-17)27-18-9-5-4-6-10-18/h4-15H,1-3H3. The van der Waals surface area contributed by atoms with Crippen molar-refractivity contribution in [2.24, 2.45) is 4.99 Å². The fraction of sp³-hybridized carbons (Fsp3) is 0.136. The lowest BCUT2D eigenvalue weighted by Gasteiger charge is -2.11. The molecule has 0 saturated carbocycles. The van der Waals surface area contributed by atoms with Crippen molar-refractivity contribution in [3.05, 3.63) is 72.3 Å². The molecule has 0 radical (unpaired) electrons. The van der Waals surface area contributed by atoms with Gasteiger partial charge in [0.15, 0.2) is 11.5 Å². The van der Waals surface area contributed by atoms with Crippen LogP contribution in [0.25, 0.3) is 0 Å². The Morgan fingerprint density at radius 3 is 2.04 bits per heavy atom. The second-order valence-electron chi connectivity index (χ2n) is 5.62. The molecule has 0 saturated heterocycles. The summed E-state index contributed by atoms with van der Waals surface area (Å²) in [5.41, 5.74) is 1.55. The first-order valence-electron chi connectivity index (χ1n) is 8.40. The molecule has 0 heterocycles. The lowest BCUT2D eigenvalue weighted by atomic mass is 10.2. The summed E-state index contributed by atoms with van der Waals surface area (Å²) >= 11 is 0. The smallest absolute Gasteiger partial charge is 0.164 e. The molecule has 3 rings (SSSR count). The number of methoxy groups -OCH3 is 3. The van der Waals surface area contributed by atoms with Crippen molar-refractivity contribution >= 4 is 11.9 Å². The number of nitrogens with zero attached hydrogens (tertiary/aromatic N) is 1. The lowest BCUT2D eigenvalue weighted by Crippen LogP contribution is -1.96. The van der Waals surface area contributed by atoms with Gasteiger partial charge in [-0.05, 0) is 30.3 Å². The molecule has 0 aromatic heterocycles. The molecule has 0 aliphatic carbocycles. The minimum absolute atomic E-state index is 0.602. The Morgan fingerprint density at radius 2 is 1.33 bits per heavy atom. The largest absolute Gasteiger partial charge is 0.496 e. The molecule has 0 fully saturated rings. The maximum absolute atomic E-state index is 5.85. The van der Waals surface area contributed by atoms with Crippen LogP contribution in [-0.4, -0.2) is 27.5 Å². The van der Waals surface area contributed by atoms with Crippen LogP contribution in [0.15, 0.2) is 71.7 Å². The highest BCUT2D eigenvalue weighted by atomic mass is 16.5. The predicted molar refractivity (Wildman–Crippen MR) is 106 cm³/mol. The molecule has 0 aliphatic heterocycles. The first-order valence-corrected chi connectivity index (χ1v) is 8.40. The van der Waals surface area contributed by atoms with Gasteiger partial charge in [0, 0.05) is 23.9 Å². The van der Waals surface area contributed by atoms with E-state index in [0.717, 1.165) is 22.7 Å². The van der Waals surface area contributed by atoms with Gasteiger partial charge in [0.05, 0.1) is 27.0 Å². The van der Waals surface area contributed by atoms with Crippen LogP contribution in [0.2, 0.25) is 0 Å². The highest BCUT2D eigenvalue weighted by Crippen LogP contribution is 2.34. The third kappa shape index (κ3) is 4.58. The molecular formula is C22H21NO4. The zero-order valence-electron chi connectivity index (χ0n) is 15.5. The second-order valence-corrected chi connectivity index (χ2v) is 5.62. The molecule has 0 bridgehead atoms. The first-order chi connectivity index (χ1) is 13.2. The summed E-state index contributed by atoms with van der Waals surface area (Å²) in [4.78, 5) is 4.54. The van der Waals surface area contributed by atoms with Gasteiger partial charge in [-0.1, -0.05) is 24.3 Å². The Kier molecular flexibility index (Phi) is 5.94. The third-order valence-electron chi connectivity index (χ3n) is 3.89. The third-order valence-corrected chi connectivity index (χ3v) is 3.89. The number of rotatable bonds is 7. The van der Waals surface area contributed by atoms with E-state index in [4.69, 9.17) is 18.9 Å². The van der Waals surface area contributed by atoms with E-state index in [1.165, 1.54) is 0 Å². The van der Waals surface area contributed by atoms with Gasteiger partial charge in [-0.2, -0.15) is 0 Å². The molecule has 0 spiro atoms. The SMILES string of the molecule is COc1cc(OC)c(OC)cc1C=Nc1cccc(Oc2ccccc2)c1. The summed E-state index contributed by atoms with van der Waals surface area (Å²) in [5.74, 6) is 3.36. The van der Waals surface area contributed by atoms with Gasteiger partial charge in [0.1, 0.15) is 17.2 Å². The molecule has 3 aromatic rings. The Balaban J connectivity index is 1.85. The Hall–Kier alpha value is -3.47. The van der Waals surface area contributed by atoms with Crippen LogP contribution in [-0.2, 0) is 0 Å². The maximum atomic E-state index is 5.85. The van der Waals surface area contributed by atoms with E-state index in [-0.39, 0.29) is 0 Å². The van der Waals surface area contributed by atoms with Crippen molar-refractivity contribution < 1.29 is 18.9 Å². The van der Waals surface area contributed by atoms with Crippen LogP contribution in [0.4, 0.5) is 5.69 Å². The number of para-hydroxylation sites is 1. The molecule has 5 nitrogen and oxygen atoms in total. The molecule has 0 unspecified atom stereocenters. The first kappa shape index (κ1) is 18.3. The van der Waals surface area contributed by atoms with E-state index in [2.05, 4.69) is 4.99 Å². The van der Waals surface area contributed by atoms with E-state index in [1.807, 2.05) is 60.7 Å². The maximum Gasteiger partial charge on any atom is 0.164 e. The van der Waals surface area contributed by atoms with Crippen LogP contribution in [0.1, 0.15) is 5.56 Å². The van der Waals surface area contributed by atoms with Crippen molar-refractivity contribution in [3.63, 3.8) is 0 Å². The Morgan fingerprint density at radius 1 is 0.667 bits per heavy atom. The molecule has 138 valence electrons. The number of benzene rings is 3. The predicted octanol–water partition coefficient (Wildman–Crippen LogP) is 5.26. The molecule has 3 aromatic carbocycles. The number of hydrogen-bond acceptors (Lipinski definition) is 5. The highest BCUT2D eigenvalue weighted by molar-refractivity contribution is 5.87. The van der Waals surface area contributed by atoms with Crippen LogP contribution >= 0.6 is 0 Å². The van der Waals surface area contributed by atoms with Crippen molar-refractivity contribution in [2.75, 3.05) is 21.3 Å². The summed E-state index contributed by atoms with van der Waals surface area (Å²) in [7, 11) is 4.78. The zero-order chi connectivity index (χ0) is 19.1. The highest BCUT2D eigenvalue weighted by Gasteiger charge is 2.10. The van der Waals surface area contributed by atoms with Gasteiger partial charge >= 0.3 is 0 Å². The molecular weight excluding hydrogens is 342 g/mol. The molecule has 0 atom stereocenters. The van der Waals surface area contributed by atoms with Gasteiger partial charge in [0.25, 0.3) is 0 Å². The minimum atomic E-state index is 0.602. The summed E-state index contributed by atoms with van der Waals surface area (Å²) in [6, 6.07) is 20.8. The van der Waals surface area contributed by atoms with E-state index >= 15 is 0 Å². The van der Waals surface area contributed by atoms with Crippen LogP contribution in [0, 0.1) is 0 Å². The van der Waals surface area contributed by atoms with Crippen molar-refractivity contribution in [3.8, 4) is 28.7 Å². The Labute approximate surface area is 158 Å². The molecule has 0 aliphatic rings. The summed E-state index contributed by atoms with van der Waals surface area (Å²) in [6.07, 6.45) is 1.72.